The number of aryl methyl sites for hydroxylation is 1. The third-order valence-corrected chi connectivity index (χ3v) is 1.47. The zero-order valence-corrected chi connectivity index (χ0v) is 7.43. The van der Waals surface area contributed by atoms with Crippen LogP contribution in [0.2, 0.25) is 0 Å². The molecule has 0 bridgehead atoms. The fourth-order valence-corrected chi connectivity index (χ4v) is 0.977. The quantitative estimate of drug-likeness (QED) is 0.725. The van der Waals surface area contributed by atoms with E-state index in [0.29, 0.717) is 5.69 Å². The van der Waals surface area contributed by atoms with E-state index in [1.165, 1.54) is 19.2 Å². The molecule has 4 heteroatoms. The molecular formula is C9H10FNO2. The molecular weight excluding hydrogens is 173 g/mol. The van der Waals surface area contributed by atoms with Crippen molar-refractivity contribution in [3.8, 4) is 0 Å². The molecule has 1 amide bonds. The van der Waals surface area contributed by atoms with Crippen LogP contribution in [0.1, 0.15) is 5.56 Å². The predicted octanol–water partition coefficient (Wildman–Crippen LogP) is 2.31. The molecule has 0 saturated carbocycles. The van der Waals surface area contributed by atoms with Crippen LogP contribution >= 0.6 is 0 Å². The first-order valence-electron chi connectivity index (χ1n) is 3.74. The van der Waals surface area contributed by atoms with E-state index < -0.39 is 6.09 Å². The maximum absolute atomic E-state index is 12.8. The van der Waals surface area contributed by atoms with Crippen LogP contribution < -0.4 is 5.32 Å². The van der Waals surface area contributed by atoms with Crippen molar-refractivity contribution >= 4 is 11.8 Å². The number of hydrogen-bond acceptors (Lipinski definition) is 2. The summed E-state index contributed by atoms with van der Waals surface area (Å²) in [6.07, 6.45) is -0.606. The Morgan fingerprint density at radius 1 is 1.46 bits per heavy atom. The summed E-state index contributed by atoms with van der Waals surface area (Å²) in [5, 5.41) is 2.37. The molecule has 0 aliphatic heterocycles. The highest BCUT2D eigenvalue weighted by atomic mass is 19.1. The first-order chi connectivity index (χ1) is 6.11. The number of methoxy groups -OCH3 is 1. The third kappa shape index (κ3) is 2.74. The molecule has 0 saturated heterocycles. The van der Waals surface area contributed by atoms with Crippen molar-refractivity contribution in [2.24, 2.45) is 0 Å². The summed E-state index contributed by atoms with van der Waals surface area (Å²) in [7, 11) is 1.25. The molecule has 0 radical (unpaired) electrons. The molecule has 0 atom stereocenters. The van der Waals surface area contributed by atoms with Crippen molar-refractivity contribution in [3.63, 3.8) is 0 Å². The summed E-state index contributed by atoms with van der Waals surface area (Å²) in [5.41, 5.74) is 1.13. The molecule has 1 aromatic rings. The number of halogens is 1. The Morgan fingerprint density at radius 3 is 2.69 bits per heavy atom. The third-order valence-electron chi connectivity index (χ3n) is 1.47. The molecule has 1 aromatic carbocycles. The molecule has 1 N–H and O–H groups in total. The molecule has 3 nitrogen and oxygen atoms in total. The molecule has 0 aliphatic carbocycles. The smallest absolute Gasteiger partial charge is 0.411 e. The zero-order valence-electron chi connectivity index (χ0n) is 7.43. The SMILES string of the molecule is COC(=O)Nc1cc(C)cc(F)c1. The van der Waals surface area contributed by atoms with Crippen LogP contribution in [0.3, 0.4) is 0 Å². The van der Waals surface area contributed by atoms with Gasteiger partial charge < -0.3 is 4.74 Å². The first kappa shape index (κ1) is 9.51. The number of carbonyl (C=O) groups excluding carboxylic acids is 1. The van der Waals surface area contributed by atoms with Gasteiger partial charge in [-0.2, -0.15) is 0 Å². The molecule has 0 aromatic heterocycles. The fourth-order valence-electron chi connectivity index (χ4n) is 0.977. The lowest BCUT2D eigenvalue weighted by molar-refractivity contribution is 0.187. The summed E-state index contributed by atoms with van der Waals surface area (Å²) in [6, 6.07) is 4.26. The van der Waals surface area contributed by atoms with Gasteiger partial charge in [0.2, 0.25) is 0 Å². The van der Waals surface area contributed by atoms with Crippen LogP contribution in [-0.4, -0.2) is 13.2 Å². The lowest BCUT2D eigenvalue weighted by Crippen LogP contribution is -2.11. The Labute approximate surface area is 75.5 Å². The van der Waals surface area contributed by atoms with E-state index in [9.17, 15) is 9.18 Å². The second-order valence-corrected chi connectivity index (χ2v) is 2.63. The number of hydrogen-bond donors (Lipinski definition) is 1. The van der Waals surface area contributed by atoms with Gasteiger partial charge in [0.1, 0.15) is 5.82 Å². The highest BCUT2D eigenvalue weighted by Crippen LogP contribution is 2.13. The normalized spacial score (nSPS) is 9.46. The maximum atomic E-state index is 12.8. The van der Waals surface area contributed by atoms with Crippen LogP contribution in [0, 0.1) is 12.7 Å². The van der Waals surface area contributed by atoms with Gasteiger partial charge in [0.15, 0.2) is 0 Å². The number of rotatable bonds is 1. The molecule has 0 heterocycles. The average Bonchev–Trinajstić information content (AvgIpc) is 2.02. The van der Waals surface area contributed by atoms with E-state index >= 15 is 0 Å². The summed E-state index contributed by atoms with van der Waals surface area (Å²) >= 11 is 0. The monoisotopic (exact) mass is 183 g/mol. The number of ether oxygens (including phenoxy) is 1. The molecule has 70 valence electrons. The number of nitrogens with one attached hydrogen (secondary N) is 1. The number of anilines is 1. The van der Waals surface area contributed by atoms with Gasteiger partial charge in [-0.3, -0.25) is 5.32 Å². The van der Waals surface area contributed by atoms with Crippen molar-refractivity contribution < 1.29 is 13.9 Å². The summed E-state index contributed by atoms with van der Waals surface area (Å²) in [4.78, 5) is 10.7. The van der Waals surface area contributed by atoms with Gasteiger partial charge in [0.25, 0.3) is 0 Å². The Hall–Kier alpha value is -1.58. The van der Waals surface area contributed by atoms with Crippen LogP contribution in [0.25, 0.3) is 0 Å². The lowest BCUT2D eigenvalue weighted by Gasteiger charge is -2.04. The van der Waals surface area contributed by atoms with Gasteiger partial charge >= 0.3 is 6.09 Å². The van der Waals surface area contributed by atoms with Crippen molar-refractivity contribution in [2.75, 3.05) is 12.4 Å². The Kier molecular flexibility index (Phi) is 2.84. The van der Waals surface area contributed by atoms with Crippen LogP contribution in [-0.2, 0) is 4.74 Å². The van der Waals surface area contributed by atoms with E-state index in [4.69, 9.17) is 0 Å². The molecule has 1 rings (SSSR count). The lowest BCUT2D eigenvalue weighted by atomic mass is 10.2. The van der Waals surface area contributed by atoms with E-state index in [1.807, 2.05) is 0 Å². The van der Waals surface area contributed by atoms with Crippen molar-refractivity contribution in [1.82, 2.24) is 0 Å². The highest BCUT2D eigenvalue weighted by Gasteiger charge is 2.02. The first-order valence-corrected chi connectivity index (χ1v) is 3.74. The Morgan fingerprint density at radius 2 is 2.15 bits per heavy atom. The number of carbonyl (C=O) groups is 1. The van der Waals surface area contributed by atoms with E-state index in [0.717, 1.165) is 5.56 Å². The van der Waals surface area contributed by atoms with Gasteiger partial charge in [0, 0.05) is 5.69 Å². The summed E-state index contributed by atoms with van der Waals surface area (Å²) in [6.45, 7) is 1.74. The van der Waals surface area contributed by atoms with Gasteiger partial charge in [-0.1, -0.05) is 0 Å². The van der Waals surface area contributed by atoms with Gasteiger partial charge in [-0.15, -0.1) is 0 Å². The largest absolute Gasteiger partial charge is 0.453 e. The minimum atomic E-state index is -0.606. The number of amides is 1. The van der Waals surface area contributed by atoms with E-state index in [-0.39, 0.29) is 5.82 Å². The van der Waals surface area contributed by atoms with Crippen molar-refractivity contribution in [3.05, 3.63) is 29.6 Å². The van der Waals surface area contributed by atoms with E-state index in [1.54, 1.807) is 13.0 Å². The maximum Gasteiger partial charge on any atom is 0.411 e. The minimum Gasteiger partial charge on any atom is -0.453 e. The predicted molar refractivity (Wildman–Crippen MR) is 47.2 cm³/mol. The van der Waals surface area contributed by atoms with Crippen LogP contribution in [0.15, 0.2) is 18.2 Å². The second kappa shape index (κ2) is 3.89. The molecule has 13 heavy (non-hydrogen) atoms. The highest BCUT2D eigenvalue weighted by molar-refractivity contribution is 5.84. The molecule has 0 unspecified atom stereocenters. The molecule has 0 spiro atoms. The number of benzene rings is 1. The second-order valence-electron chi connectivity index (χ2n) is 2.63. The minimum absolute atomic E-state index is 0.383. The topological polar surface area (TPSA) is 38.3 Å². The molecule has 0 aliphatic rings. The summed E-state index contributed by atoms with van der Waals surface area (Å²) < 4.78 is 17.2. The van der Waals surface area contributed by atoms with Crippen LogP contribution in [0.5, 0.6) is 0 Å². The standard InChI is InChI=1S/C9H10FNO2/c1-6-3-7(10)5-8(4-6)11-9(12)13-2/h3-5H,1-2H3,(H,11,12). The molecule has 0 fully saturated rings. The van der Waals surface area contributed by atoms with Crippen molar-refractivity contribution in [2.45, 2.75) is 6.92 Å². The van der Waals surface area contributed by atoms with Crippen LogP contribution in [0.4, 0.5) is 14.9 Å². The van der Waals surface area contributed by atoms with Gasteiger partial charge in [-0.25, -0.2) is 9.18 Å². The Bertz CT molecular complexity index is 305. The van der Waals surface area contributed by atoms with E-state index in [2.05, 4.69) is 10.1 Å². The van der Waals surface area contributed by atoms with Gasteiger partial charge in [-0.05, 0) is 30.7 Å². The van der Waals surface area contributed by atoms with Crippen molar-refractivity contribution in [1.29, 1.82) is 0 Å². The zero-order chi connectivity index (χ0) is 9.84. The fraction of sp³-hybridized carbons (Fsp3) is 0.222. The summed E-state index contributed by atoms with van der Waals surface area (Å²) in [5.74, 6) is -0.383. The average molecular weight is 183 g/mol. The Balaban J connectivity index is 2.83. The van der Waals surface area contributed by atoms with Gasteiger partial charge in [0.05, 0.1) is 7.11 Å².